The Labute approximate surface area is 230 Å². The second-order valence-corrected chi connectivity index (χ2v) is 9.72. The van der Waals surface area contributed by atoms with Crippen molar-refractivity contribution in [3.8, 4) is 11.5 Å². The van der Waals surface area contributed by atoms with Crippen LogP contribution in [0.2, 0.25) is 0 Å². The Bertz CT molecular complexity index is 1530. The van der Waals surface area contributed by atoms with Crippen LogP contribution in [0.5, 0.6) is 11.5 Å². The van der Waals surface area contributed by atoms with E-state index in [1.54, 1.807) is 30.3 Å². The maximum atomic E-state index is 13.1. The number of carbonyl (C=O) groups excluding carboxylic acids is 3. The molecule has 0 aliphatic carbocycles. The average molecular weight is 542 g/mol. The Morgan fingerprint density at radius 3 is 2.41 bits per heavy atom. The lowest BCUT2D eigenvalue weighted by molar-refractivity contribution is -0.127. The first kappa shape index (κ1) is 26.1. The maximum Gasteiger partial charge on any atom is 0.294 e. The minimum Gasteiger partial charge on any atom is -0.494 e. The largest absolute Gasteiger partial charge is 0.494 e. The number of amides is 3. The average Bonchev–Trinajstić information content (AvgIpc) is 3.42. The molecule has 0 atom stereocenters. The molecule has 0 saturated carbocycles. The number of rotatable bonds is 10. The molecule has 39 heavy (non-hydrogen) atoms. The number of ether oxygens (including phenoxy) is 2. The first-order valence-electron chi connectivity index (χ1n) is 12.6. The van der Waals surface area contributed by atoms with Gasteiger partial charge in [0, 0.05) is 28.4 Å². The minimum absolute atomic E-state index is 0.275. The van der Waals surface area contributed by atoms with E-state index in [0.717, 1.165) is 38.9 Å². The van der Waals surface area contributed by atoms with Crippen molar-refractivity contribution in [2.45, 2.75) is 13.5 Å². The van der Waals surface area contributed by atoms with Gasteiger partial charge >= 0.3 is 0 Å². The summed E-state index contributed by atoms with van der Waals surface area (Å²) in [6.07, 6.45) is 3.66. The molecule has 0 spiro atoms. The van der Waals surface area contributed by atoms with Crippen LogP contribution in [0.15, 0.2) is 90.0 Å². The Hall–Kier alpha value is -4.50. The van der Waals surface area contributed by atoms with E-state index in [-0.39, 0.29) is 11.4 Å². The highest BCUT2D eigenvalue weighted by molar-refractivity contribution is 8.18. The summed E-state index contributed by atoms with van der Waals surface area (Å²) in [6, 6.07) is 24.4. The molecule has 0 unspecified atom stereocenters. The zero-order valence-corrected chi connectivity index (χ0v) is 22.1. The molecule has 8 nitrogen and oxygen atoms in total. The lowest BCUT2D eigenvalue weighted by Crippen LogP contribution is -2.36. The Morgan fingerprint density at radius 2 is 1.64 bits per heavy atom. The Kier molecular flexibility index (Phi) is 7.98. The van der Waals surface area contributed by atoms with Gasteiger partial charge in [-0.25, -0.2) is 0 Å². The van der Waals surface area contributed by atoms with Crippen molar-refractivity contribution in [1.82, 2.24) is 9.47 Å². The molecule has 2 heterocycles. The van der Waals surface area contributed by atoms with E-state index in [2.05, 4.69) is 9.88 Å². The summed E-state index contributed by atoms with van der Waals surface area (Å²) < 4.78 is 13.3. The molecular formula is C30H27N3O5S. The van der Waals surface area contributed by atoms with E-state index in [0.29, 0.717) is 31.2 Å². The predicted octanol–water partition coefficient (Wildman–Crippen LogP) is 5.79. The number of hydrogen-bond acceptors (Lipinski definition) is 6. The summed E-state index contributed by atoms with van der Waals surface area (Å²) in [5.74, 6) is 0.542. The number of benzene rings is 3. The van der Waals surface area contributed by atoms with Gasteiger partial charge in [0.15, 0.2) is 0 Å². The van der Waals surface area contributed by atoms with Gasteiger partial charge < -0.3 is 19.4 Å². The normalized spacial score (nSPS) is 14.3. The molecule has 5 rings (SSSR count). The second-order valence-electron chi connectivity index (χ2n) is 8.73. The monoisotopic (exact) mass is 541 g/mol. The molecular weight excluding hydrogens is 514 g/mol. The van der Waals surface area contributed by atoms with Gasteiger partial charge in [-0.1, -0.05) is 36.4 Å². The number of aromatic nitrogens is 1. The molecule has 1 aliphatic heterocycles. The molecule has 198 valence electrons. The van der Waals surface area contributed by atoms with Crippen LogP contribution in [0.1, 0.15) is 12.5 Å². The molecule has 0 bridgehead atoms. The van der Waals surface area contributed by atoms with Gasteiger partial charge in [-0.2, -0.15) is 0 Å². The van der Waals surface area contributed by atoms with E-state index < -0.39 is 17.1 Å². The van der Waals surface area contributed by atoms with Gasteiger partial charge in [0.25, 0.3) is 11.1 Å². The van der Waals surface area contributed by atoms with Crippen LogP contribution in [0.3, 0.4) is 0 Å². The SMILES string of the molecule is CCOc1ccc(NC(=O)CN2C(=O)S/C(=C\c3cn(CCOc4ccccc4)c4ccccc34)C2=O)cc1. The third-order valence-corrected chi connectivity index (χ3v) is 6.98. The number of fused-ring (bicyclic) bond motifs is 1. The molecule has 1 saturated heterocycles. The summed E-state index contributed by atoms with van der Waals surface area (Å²) in [7, 11) is 0. The van der Waals surface area contributed by atoms with Gasteiger partial charge in [-0.3, -0.25) is 19.3 Å². The number of nitrogens with zero attached hydrogens (tertiary/aromatic N) is 2. The first-order valence-corrected chi connectivity index (χ1v) is 13.4. The molecule has 4 aromatic rings. The fourth-order valence-electron chi connectivity index (χ4n) is 4.28. The highest BCUT2D eigenvalue weighted by Gasteiger charge is 2.36. The van der Waals surface area contributed by atoms with Crippen LogP contribution in [0, 0.1) is 0 Å². The third-order valence-electron chi connectivity index (χ3n) is 6.07. The first-order chi connectivity index (χ1) is 19.0. The van der Waals surface area contributed by atoms with Crippen molar-refractivity contribution in [3.63, 3.8) is 0 Å². The molecule has 1 aliphatic rings. The number of hydrogen-bond donors (Lipinski definition) is 1. The van der Waals surface area contributed by atoms with Gasteiger partial charge in [0.05, 0.1) is 18.1 Å². The summed E-state index contributed by atoms with van der Waals surface area (Å²) in [5, 5.41) is 3.20. The third kappa shape index (κ3) is 6.15. The quantitative estimate of drug-likeness (QED) is 0.256. The highest BCUT2D eigenvalue weighted by atomic mass is 32.2. The summed E-state index contributed by atoms with van der Waals surface area (Å²) in [4.78, 5) is 39.6. The van der Waals surface area contributed by atoms with Crippen LogP contribution < -0.4 is 14.8 Å². The van der Waals surface area contributed by atoms with E-state index in [1.807, 2.05) is 67.7 Å². The van der Waals surface area contributed by atoms with Crippen molar-refractivity contribution in [1.29, 1.82) is 0 Å². The van der Waals surface area contributed by atoms with Crippen molar-refractivity contribution in [2.24, 2.45) is 0 Å². The van der Waals surface area contributed by atoms with Crippen LogP contribution in [-0.4, -0.2) is 46.3 Å². The van der Waals surface area contributed by atoms with Crippen LogP contribution in [-0.2, 0) is 16.1 Å². The lowest BCUT2D eigenvalue weighted by atomic mass is 10.1. The fourth-order valence-corrected chi connectivity index (χ4v) is 5.11. The summed E-state index contributed by atoms with van der Waals surface area (Å²) >= 11 is 0.833. The molecule has 0 radical (unpaired) electrons. The fraction of sp³-hybridized carbons (Fsp3) is 0.167. The number of carbonyl (C=O) groups is 3. The number of para-hydroxylation sites is 2. The zero-order valence-electron chi connectivity index (χ0n) is 21.3. The van der Waals surface area contributed by atoms with Crippen molar-refractivity contribution < 1.29 is 23.9 Å². The van der Waals surface area contributed by atoms with Crippen molar-refractivity contribution in [3.05, 3.63) is 95.5 Å². The Balaban J connectivity index is 1.27. The predicted molar refractivity (Wildman–Crippen MR) is 153 cm³/mol. The van der Waals surface area contributed by atoms with Gasteiger partial charge in [0.2, 0.25) is 5.91 Å². The van der Waals surface area contributed by atoms with Crippen LogP contribution >= 0.6 is 11.8 Å². The number of anilines is 1. The molecule has 1 N–H and O–H groups in total. The maximum absolute atomic E-state index is 13.1. The lowest BCUT2D eigenvalue weighted by Gasteiger charge is -2.12. The molecule has 3 aromatic carbocycles. The van der Waals surface area contributed by atoms with E-state index in [9.17, 15) is 14.4 Å². The minimum atomic E-state index is -0.490. The van der Waals surface area contributed by atoms with E-state index in [1.165, 1.54) is 0 Å². The second kappa shape index (κ2) is 11.9. The molecule has 9 heteroatoms. The highest BCUT2D eigenvalue weighted by Crippen LogP contribution is 2.34. The summed E-state index contributed by atoms with van der Waals surface area (Å²) in [6.45, 7) is 3.15. The topological polar surface area (TPSA) is 89.9 Å². The van der Waals surface area contributed by atoms with E-state index >= 15 is 0 Å². The number of nitrogens with one attached hydrogen (secondary N) is 1. The number of thioether (sulfide) groups is 1. The number of imide groups is 1. The zero-order chi connectivity index (χ0) is 27.2. The summed E-state index contributed by atoms with van der Waals surface area (Å²) in [5.41, 5.74) is 2.36. The van der Waals surface area contributed by atoms with Gasteiger partial charge in [-0.15, -0.1) is 0 Å². The molecule has 1 aromatic heterocycles. The van der Waals surface area contributed by atoms with Gasteiger partial charge in [-0.05, 0) is 67.2 Å². The van der Waals surface area contributed by atoms with Crippen LogP contribution in [0.4, 0.5) is 10.5 Å². The van der Waals surface area contributed by atoms with Crippen LogP contribution in [0.25, 0.3) is 17.0 Å². The molecule has 3 amide bonds. The molecule has 1 fully saturated rings. The smallest absolute Gasteiger partial charge is 0.294 e. The standard InChI is InChI=1S/C30H27N3O5S/c1-2-37-24-14-12-22(13-15-24)31-28(34)20-33-29(35)27(39-30(33)36)18-21-19-32(26-11-7-6-10-25(21)26)16-17-38-23-8-4-3-5-9-23/h3-15,18-19H,2,16-17,20H2,1H3,(H,31,34)/b27-18-. The Morgan fingerprint density at radius 1 is 0.923 bits per heavy atom. The van der Waals surface area contributed by atoms with Crippen molar-refractivity contribution >= 4 is 51.5 Å². The van der Waals surface area contributed by atoms with Crippen molar-refractivity contribution in [2.75, 3.05) is 25.1 Å². The van der Waals surface area contributed by atoms with Gasteiger partial charge in [0.1, 0.15) is 24.7 Å². The van der Waals surface area contributed by atoms with E-state index in [4.69, 9.17) is 9.47 Å².